The van der Waals surface area contributed by atoms with Gasteiger partial charge in [0.25, 0.3) is 0 Å². The third-order valence-electron chi connectivity index (χ3n) is 3.35. The molecule has 0 aromatic heterocycles. The van der Waals surface area contributed by atoms with Gasteiger partial charge < -0.3 is 5.32 Å². The van der Waals surface area contributed by atoms with Gasteiger partial charge in [-0.2, -0.15) is 13.2 Å². The summed E-state index contributed by atoms with van der Waals surface area (Å²) < 4.78 is 64.7. The summed E-state index contributed by atoms with van der Waals surface area (Å²) in [6.45, 7) is 0.526. The maximum atomic E-state index is 13.5. The quantitative estimate of drug-likeness (QED) is 0.843. The summed E-state index contributed by atoms with van der Waals surface area (Å²) in [4.78, 5) is 1.54. The predicted octanol–water partition coefficient (Wildman–Crippen LogP) is 2.55. The van der Waals surface area contributed by atoms with E-state index in [9.17, 15) is 22.0 Å². The second-order valence-electron chi connectivity index (χ2n) is 4.91. The maximum Gasteiger partial charge on any atom is 0.394 e. The van der Waals surface area contributed by atoms with Gasteiger partial charge in [-0.15, -0.1) is 0 Å². The number of benzene rings is 1. The van der Waals surface area contributed by atoms with E-state index in [-0.39, 0.29) is 25.2 Å². The maximum absolute atomic E-state index is 13.5. The molecule has 0 radical (unpaired) electrons. The van der Waals surface area contributed by atoms with E-state index in [4.69, 9.17) is 0 Å². The Morgan fingerprint density at radius 3 is 2.65 bits per heavy atom. The van der Waals surface area contributed by atoms with E-state index < -0.39 is 23.7 Å². The molecule has 2 rings (SSSR count). The van der Waals surface area contributed by atoms with E-state index >= 15 is 0 Å². The zero-order valence-electron chi connectivity index (χ0n) is 10.7. The van der Waals surface area contributed by atoms with Crippen LogP contribution in [0.2, 0.25) is 0 Å². The van der Waals surface area contributed by atoms with E-state index in [0.717, 1.165) is 12.1 Å². The van der Waals surface area contributed by atoms with Crippen LogP contribution in [0, 0.1) is 17.6 Å². The Hall–Kier alpha value is -1.21. The fourth-order valence-corrected chi connectivity index (χ4v) is 2.23. The van der Waals surface area contributed by atoms with Crippen molar-refractivity contribution in [3.05, 3.63) is 35.4 Å². The molecule has 2 nitrogen and oxygen atoms in total. The van der Waals surface area contributed by atoms with Crippen LogP contribution in [0.25, 0.3) is 0 Å². The summed E-state index contributed by atoms with van der Waals surface area (Å²) in [5, 5.41) is 2.73. The lowest BCUT2D eigenvalue weighted by Crippen LogP contribution is -2.38. The van der Waals surface area contributed by atoms with Crippen molar-refractivity contribution in [2.24, 2.45) is 5.92 Å². The Labute approximate surface area is 113 Å². The molecule has 0 bridgehead atoms. The molecule has 0 amide bonds. The molecule has 7 heteroatoms. The lowest BCUT2D eigenvalue weighted by atomic mass is 10.1. The van der Waals surface area contributed by atoms with Crippen LogP contribution < -0.4 is 5.32 Å². The Kier molecular flexibility index (Phi) is 4.59. The SMILES string of the molecule is Fc1ccc(CN2CCNCC(C(F)(F)F)C2)c(F)c1. The van der Waals surface area contributed by atoms with Gasteiger partial charge in [0.2, 0.25) is 0 Å². The minimum Gasteiger partial charge on any atom is -0.315 e. The number of alkyl halides is 3. The van der Waals surface area contributed by atoms with Gasteiger partial charge in [0.15, 0.2) is 0 Å². The van der Waals surface area contributed by atoms with Gasteiger partial charge in [-0.05, 0) is 6.07 Å². The van der Waals surface area contributed by atoms with E-state index in [2.05, 4.69) is 5.32 Å². The van der Waals surface area contributed by atoms with Crippen LogP contribution in [-0.4, -0.2) is 37.3 Å². The van der Waals surface area contributed by atoms with Crippen molar-refractivity contribution >= 4 is 0 Å². The Balaban J connectivity index is 2.07. The monoisotopic (exact) mass is 294 g/mol. The van der Waals surface area contributed by atoms with Crippen molar-refractivity contribution in [2.45, 2.75) is 12.7 Å². The van der Waals surface area contributed by atoms with Gasteiger partial charge in [-0.1, -0.05) is 6.07 Å². The van der Waals surface area contributed by atoms with Crippen LogP contribution in [0.4, 0.5) is 22.0 Å². The fourth-order valence-electron chi connectivity index (χ4n) is 2.23. The standard InChI is InChI=1S/C13H15F5N2/c14-11-2-1-9(12(15)5-11)7-20-4-3-19-6-10(8-20)13(16,17)18/h1-2,5,10,19H,3-4,6-8H2. The van der Waals surface area contributed by atoms with Crippen molar-refractivity contribution in [3.8, 4) is 0 Å². The molecule has 1 atom stereocenters. The van der Waals surface area contributed by atoms with E-state index in [1.807, 2.05) is 0 Å². The van der Waals surface area contributed by atoms with Gasteiger partial charge in [0.1, 0.15) is 11.6 Å². The second kappa shape index (κ2) is 6.05. The third-order valence-corrected chi connectivity index (χ3v) is 3.35. The van der Waals surface area contributed by atoms with Crippen LogP contribution in [0.15, 0.2) is 18.2 Å². The van der Waals surface area contributed by atoms with E-state index in [1.54, 1.807) is 0 Å². The molecule has 1 saturated heterocycles. The van der Waals surface area contributed by atoms with Crippen LogP contribution in [0.1, 0.15) is 5.56 Å². The highest BCUT2D eigenvalue weighted by Gasteiger charge is 2.41. The van der Waals surface area contributed by atoms with Crippen molar-refractivity contribution < 1.29 is 22.0 Å². The van der Waals surface area contributed by atoms with Crippen molar-refractivity contribution in [1.82, 2.24) is 10.2 Å². The Morgan fingerprint density at radius 1 is 1.25 bits per heavy atom. The van der Waals surface area contributed by atoms with E-state index in [0.29, 0.717) is 13.1 Å². The first-order chi connectivity index (χ1) is 9.36. The molecule has 1 heterocycles. The van der Waals surface area contributed by atoms with Crippen LogP contribution in [-0.2, 0) is 6.54 Å². The lowest BCUT2D eigenvalue weighted by molar-refractivity contribution is -0.176. The predicted molar refractivity (Wildman–Crippen MR) is 64.0 cm³/mol. The third kappa shape index (κ3) is 3.89. The zero-order chi connectivity index (χ0) is 14.8. The first-order valence-corrected chi connectivity index (χ1v) is 6.30. The summed E-state index contributed by atoms with van der Waals surface area (Å²) in [5.74, 6) is -2.91. The van der Waals surface area contributed by atoms with Crippen LogP contribution in [0.5, 0.6) is 0 Å². The minimum absolute atomic E-state index is 0.0420. The highest BCUT2D eigenvalue weighted by atomic mass is 19.4. The molecule has 20 heavy (non-hydrogen) atoms. The van der Waals surface area contributed by atoms with Gasteiger partial charge in [-0.3, -0.25) is 4.90 Å². The molecule has 0 spiro atoms. The Bertz CT molecular complexity index is 461. The zero-order valence-corrected chi connectivity index (χ0v) is 10.7. The minimum atomic E-state index is -4.28. The average molecular weight is 294 g/mol. The van der Waals surface area contributed by atoms with Gasteiger partial charge >= 0.3 is 6.18 Å². The molecular weight excluding hydrogens is 279 g/mol. The van der Waals surface area contributed by atoms with Crippen LogP contribution >= 0.6 is 0 Å². The summed E-state index contributed by atoms with van der Waals surface area (Å²) in [6, 6.07) is 3.12. The largest absolute Gasteiger partial charge is 0.394 e. The van der Waals surface area contributed by atoms with Gasteiger partial charge in [0.05, 0.1) is 5.92 Å². The van der Waals surface area contributed by atoms with Gasteiger partial charge in [-0.25, -0.2) is 8.78 Å². The molecule has 1 aromatic carbocycles. The molecule has 1 unspecified atom stereocenters. The molecular formula is C13H15F5N2. The fraction of sp³-hybridized carbons (Fsp3) is 0.538. The van der Waals surface area contributed by atoms with Crippen molar-refractivity contribution in [1.29, 1.82) is 0 Å². The number of hydrogen-bond acceptors (Lipinski definition) is 2. The van der Waals surface area contributed by atoms with E-state index in [1.165, 1.54) is 11.0 Å². The molecule has 1 N–H and O–H groups in total. The average Bonchev–Trinajstić information content (AvgIpc) is 2.58. The van der Waals surface area contributed by atoms with Gasteiger partial charge in [0, 0.05) is 44.4 Å². The smallest absolute Gasteiger partial charge is 0.315 e. The molecule has 0 saturated carbocycles. The molecule has 0 aliphatic carbocycles. The van der Waals surface area contributed by atoms with Crippen molar-refractivity contribution in [3.63, 3.8) is 0 Å². The highest BCUT2D eigenvalue weighted by Crippen LogP contribution is 2.28. The number of nitrogens with zero attached hydrogens (tertiary/aromatic N) is 1. The molecule has 1 aromatic rings. The summed E-state index contributed by atoms with van der Waals surface area (Å²) in [7, 11) is 0. The molecule has 1 aliphatic rings. The summed E-state index contributed by atoms with van der Waals surface area (Å²) in [6.07, 6.45) is -4.28. The lowest BCUT2D eigenvalue weighted by Gasteiger charge is -2.25. The Morgan fingerprint density at radius 2 is 2.00 bits per heavy atom. The first kappa shape index (κ1) is 15.2. The molecule has 112 valence electrons. The summed E-state index contributed by atoms with van der Waals surface area (Å²) in [5.41, 5.74) is 0.203. The second-order valence-corrected chi connectivity index (χ2v) is 4.91. The first-order valence-electron chi connectivity index (χ1n) is 6.30. The number of hydrogen-bond donors (Lipinski definition) is 1. The topological polar surface area (TPSA) is 15.3 Å². The normalized spacial score (nSPS) is 21.8. The highest BCUT2D eigenvalue weighted by molar-refractivity contribution is 5.18. The molecule has 1 fully saturated rings. The van der Waals surface area contributed by atoms with Crippen molar-refractivity contribution in [2.75, 3.05) is 26.2 Å². The number of nitrogens with one attached hydrogen (secondary N) is 1. The number of halogens is 5. The summed E-state index contributed by atoms with van der Waals surface area (Å²) >= 11 is 0. The number of rotatable bonds is 2. The van der Waals surface area contributed by atoms with Crippen LogP contribution in [0.3, 0.4) is 0 Å². The molecule has 1 aliphatic heterocycles.